The molecule has 0 unspecified atom stereocenters. The van der Waals surface area contributed by atoms with Crippen LogP contribution in [-0.2, 0) is 4.74 Å². The molecule has 200 valence electrons. The Hall–Kier alpha value is -5.60. The van der Waals surface area contributed by atoms with Crippen molar-refractivity contribution in [1.29, 1.82) is 0 Å². The highest BCUT2D eigenvalue weighted by Crippen LogP contribution is 2.43. The van der Waals surface area contributed by atoms with E-state index in [2.05, 4.69) is 10.5 Å². The van der Waals surface area contributed by atoms with E-state index in [9.17, 15) is 35.1 Å². The summed E-state index contributed by atoms with van der Waals surface area (Å²) in [4.78, 5) is 44.3. The predicted octanol–water partition coefficient (Wildman–Crippen LogP) is 4.55. The van der Waals surface area contributed by atoms with E-state index >= 15 is 0 Å². The summed E-state index contributed by atoms with van der Waals surface area (Å²) in [6, 6.07) is 11.6. The fraction of sp³-hybridized carbons (Fsp3) is 0.167. The number of hydrogen-bond donors (Lipinski definition) is 1. The first-order chi connectivity index (χ1) is 18.6. The van der Waals surface area contributed by atoms with Crippen LogP contribution in [0.15, 0.2) is 59.7 Å². The first-order valence-corrected chi connectivity index (χ1v) is 11.1. The summed E-state index contributed by atoms with van der Waals surface area (Å²) in [7, 11) is 2.80. The molecule has 0 spiro atoms. The number of rotatable bonds is 10. The molecule has 0 amide bonds. The number of esters is 1. The average molecular weight is 537 g/mol. The molecule has 1 atom stereocenters. The quantitative estimate of drug-likeness (QED) is 0.165. The van der Waals surface area contributed by atoms with Crippen LogP contribution in [0.2, 0.25) is 0 Å². The third-order valence-electron chi connectivity index (χ3n) is 5.87. The summed E-state index contributed by atoms with van der Waals surface area (Å²) in [6.45, 7) is 0. The van der Waals surface area contributed by atoms with E-state index in [1.54, 1.807) is 12.1 Å². The van der Waals surface area contributed by atoms with E-state index < -0.39 is 38.2 Å². The lowest BCUT2D eigenvalue weighted by Crippen LogP contribution is -2.11. The number of carbonyl (C=O) groups excluding carboxylic acids is 1. The van der Waals surface area contributed by atoms with Gasteiger partial charge < -0.3 is 14.2 Å². The fourth-order valence-corrected chi connectivity index (χ4v) is 4.01. The number of ether oxygens (including phenoxy) is 3. The third-order valence-corrected chi connectivity index (χ3v) is 5.87. The van der Waals surface area contributed by atoms with Gasteiger partial charge in [0.15, 0.2) is 11.5 Å². The zero-order valence-electron chi connectivity index (χ0n) is 20.4. The van der Waals surface area contributed by atoms with E-state index in [1.807, 2.05) is 0 Å². The number of benzene rings is 3. The number of fused-ring (bicyclic) bond motifs is 1. The fourth-order valence-electron chi connectivity index (χ4n) is 4.01. The minimum Gasteiger partial charge on any atom is -0.493 e. The Morgan fingerprint density at radius 1 is 0.923 bits per heavy atom. The van der Waals surface area contributed by atoms with Gasteiger partial charge in [0.1, 0.15) is 17.4 Å². The van der Waals surface area contributed by atoms with Gasteiger partial charge in [-0.1, -0.05) is 6.07 Å². The summed E-state index contributed by atoms with van der Waals surface area (Å²) >= 11 is 0. The summed E-state index contributed by atoms with van der Waals surface area (Å²) in [5, 5.41) is 38.0. The number of nitrogens with one attached hydrogen (secondary N) is 1. The summed E-state index contributed by atoms with van der Waals surface area (Å²) in [5.41, 5.74) is 2.43. The van der Waals surface area contributed by atoms with Crippen molar-refractivity contribution in [3.05, 3.63) is 102 Å². The molecule has 1 aliphatic rings. The van der Waals surface area contributed by atoms with Gasteiger partial charge in [0.25, 0.3) is 11.4 Å². The maximum Gasteiger partial charge on any atom is 0.343 e. The second-order valence-electron chi connectivity index (χ2n) is 8.05. The summed E-state index contributed by atoms with van der Waals surface area (Å²) < 4.78 is 16.2. The highest BCUT2D eigenvalue weighted by Gasteiger charge is 2.36. The number of anilines is 1. The Kier molecular flexibility index (Phi) is 7.32. The van der Waals surface area contributed by atoms with Crippen molar-refractivity contribution < 1.29 is 33.8 Å². The molecule has 3 aromatic rings. The lowest BCUT2D eigenvalue weighted by atomic mass is 9.97. The van der Waals surface area contributed by atoms with Crippen LogP contribution >= 0.6 is 0 Å². The number of nitrogens with zero attached hydrogens (tertiary/aromatic N) is 4. The molecular weight excluding hydrogens is 518 g/mol. The molecule has 4 rings (SSSR count). The van der Waals surface area contributed by atoms with Crippen LogP contribution in [0.4, 0.5) is 22.7 Å². The van der Waals surface area contributed by atoms with E-state index in [0.717, 1.165) is 18.2 Å². The minimum atomic E-state index is -0.852. The zero-order chi connectivity index (χ0) is 28.3. The van der Waals surface area contributed by atoms with Gasteiger partial charge in [0.05, 0.1) is 40.8 Å². The van der Waals surface area contributed by atoms with Crippen molar-refractivity contribution in [2.45, 2.75) is 12.5 Å². The number of cyclic esters (lactones) is 1. The molecule has 0 saturated carbocycles. The van der Waals surface area contributed by atoms with Crippen molar-refractivity contribution in [3.8, 4) is 11.5 Å². The molecule has 39 heavy (non-hydrogen) atoms. The molecule has 3 aromatic carbocycles. The standard InChI is InChI=1S/C24H19N5O10/c1-37-20-10-8-16-21(39-24(30)22(16)23(20)38-2)12-18(13-3-5-14(6-4-13)27(31)32)26-25-17-9-7-15(28(33)34)11-19(17)29(35)36/h3-11,21,25H,12H2,1-2H3/b26-18+/t21-/m0/s1. The number of hydrogen-bond acceptors (Lipinski definition) is 12. The van der Waals surface area contributed by atoms with Crippen molar-refractivity contribution in [2.24, 2.45) is 5.10 Å². The van der Waals surface area contributed by atoms with Gasteiger partial charge >= 0.3 is 11.7 Å². The Labute approximate surface area is 219 Å². The van der Waals surface area contributed by atoms with Crippen molar-refractivity contribution in [1.82, 2.24) is 0 Å². The van der Waals surface area contributed by atoms with Gasteiger partial charge in [-0.25, -0.2) is 4.79 Å². The van der Waals surface area contributed by atoms with E-state index in [0.29, 0.717) is 16.9 Å². The second kappa shape index (κ2) is 10.8. The topological polar surface area (TPSA) is 199 Å². The molecule has 0 bridgehead atoms. The molecule has 15 nitrogen and oxygen atoms in total. The van der Waals surface area contributed by atoms with Crippen LogP contribution in [-0.4, -0.2) is 40.7 Å². The van der Waals surface area contributed by atoms with Gasteiger partial charge in [0.2, 0.25) is 0 Å². The molecule has 1 aliphatic heterocycles. The Morgan fingerprint density at radius 2 is 1.59 bits per heavy atom. The zero-order valence-corrected chi connectivity index (χ0v) is 20.4. The maximum absolute atomic E-state index is 12.7. The van der Waals surface area contributed by atoms with Gasteiger partial charge in [-0.05, 0) is 29.8 Å². The molecule has 0 radical (unpaired) electrons. The highest BCUT2D eigenvalue weighted by molar-refractivity contribution is 6.03. The number of non-ortho nitro benzene ring substituents is 2. The van der Waals surface area contributed by atoms with Crippen molar-refractivity contribution in [3.63, 3.8) is 0 Å². The molecule has 0 aromatic heterocycles. The van der Waals surface area contributed by atoms with Crippen LogP contribution in [0.25, 0.3) is 0 Å². The largest absolute Gasteiger partial charge is 0.493 e. The van der Waals surface area contributed by atoms with E-state index in [-0.39, 0.29) is 34.8 Å². The Morgan fingerprint density at radius 3 is 2.18 bits per heavy atom. The third kappa shape index (κ3) is 5.27. The number of carbonyl (C=O) groups is 1. The molecule has 0 fully saturated rings. The number of nitro benzene ring substituents is 3. The second-order valence-corrected chi connectivity index (χ2v) is 8.05. The molecule has 1 heterocycles. The predicted molar refractivity (Wildman–Crippen MR) is 135 cm³/mol. The van der Waals surface area contributed by atoms with Crippen LogP contribution in [0.1, 0.15) is 34.0 Å². The van der Waals surface area contributed by atoms with E-state index in [1.165, 1.54) is 38.5 Å². The Balaban J connectivity index is 1.75. The monoisotopic (exact) mass is 537 g/mol. The highest BCUT2D eigenvalue weighted by atomic mass is 16.6. The van der Waals surface area contributed by atoms with Crippen molar-refractivity contribution in [2.75, 3.05) is 19.6 Å². The van der Waals surface area contributed by atoms with Gasteiger partial charge in [0, 0.05) is 30.2 Å². The number of methoxy groups -OCH3 is 2. The SMILES string of the molecule is COc1ccc2c(c1OC)C(=O)O[C@H]2C/C(=N\Nc1ccc([N+](=O)[O-])cc1[N+](=O)[O-])c1ccc([N+](=O)[O-])cc1. The number of hydrazone groups is 1. The van der Waals surface area contributed by atoms with Crippen LogP contribution in [0.3, 0.4) is 0 Å². The van der Waals surface area contributed by atoms with Gasteiger partial charge in [-0.15, -0.1) is 0 Å². The first-order valence-electron chi connectivity index (χ1n) is 11.1. The lowest BCUT2D eigenvalue weighted by molar-refractivity contribution is -0.393. The first kappa shape index (κ1) is 26.5. The summed E-state index contributed by atoms with van der Waals surface area (Å²) in [5.74, 6) is -0.144. The minimum absolute atomic E-state index is 0.0419. The van der Waals surface area contributed by atoms with Crippen molar-refractivity contribution >= 4 is 34.4 Å². The molecule has 0 aliphatic carbocycles. The molecule has 0 saturated heterocycles. The maximum atomic E-state index is 12.7. The van der Waals surface area contributed by atoms with Crippen LogP contribution < -0.4 is 14.9 Å². The average Bonchev–Trinajstić information content (AvgIpc) is 3.25. The Bertz CT molecular complexity index is 1520. The molecule has 1 N–H and O–H groups in total. The van der Waals surface area contributed by atoms with Gasteiger partial charge in [-0.3, -0.25) is 35.8 Å². The molecule has 15 heteroatoms. The number of nitro groups is 3. The lowest BCUT2D eigenvalue weighted by Gasteiger charge is -2.15. The van der Waals surface area contributed by atoms with Gasteiger partial charge in [-0.2, -0.15) is 5.10 Å². The summed E-state index contributed by atoms with van der Waals surface area (Å²) in [6.07, 6.45) is -0.894. The smallest absolute Gasteiger partial charge is 0.343 e. The van der Waals surface area contributed by atoms with Crippen LogP contribution in [0.5, 0.6) is 11.5 Å². The van der Waals surface area contributed by atoms with Crippen LogP contribution in [0, 0.1) is 30.3 Å². The molecular formula is C24H19N5O10. The van der Waals surface area contributed by atoms with E-state index in [4.69, 9.17) is 14.2 Å². The normalized spacial score (nSPS) is 14.3.